The maximum Gasteiger partial charge on any atom is 0.164 e. The molecule has 0 bridgehead atoms. The first-order valence-electron chi connectivity index (χ1n) is 6.83. The Morgan fingerprint density at radius 3 is 3.00 bits per heavy atom. The minimum Gasteiger partial charge on any atom is -0.493 e. The van der Waals surface area contributed by atoms with Crippen LogP contribution in [0.25, 0.3) is 0 Å². The van der Waals surface area contributed by atoms with E-state index in [2.05, 4.69) is 30.4 Å². The summed E-state index contributed by atoms with van der Waals surface area (Å²) >= 11 is 1.84. The molecular weight excluding hydrogens is 270 g/mol. The molecule has 3 nitrogen and oxygen atoms in total. The molecule has 2 heterocycles. The van der Waals surface area contributed by atoms with Crippen LogP contribution < -0.4 is 14.8 Å². The van der Waals surface area contributed by atoms with E-state index in [1.165, 1.54) is 15.3 Å². The molecule has 1 aliphatic heterocycles. The van der Waals surface area contributed by atoms with Gasteiger partial charge in [0, 0.05) is 22.3 Å². The normalized spacial score (nSPS) is 17.4. The van der Waals surface area contributed by atoms with Crippen molar-refractivity contribution in [2.24, 2.45) is 0 Å². The largest absolute Gasteiger partial charge is 0.493 e. The molecule has 1 N–H and O–H groups in total. The van der Waals surface area contributed by atoms with Crippen LogP contribution in [0.15, 0.2) is 30.3 Å². The van der Waals surface area contributed by atoms with Gasteiger partial charge >= 0.3 is 0 Å². The molecular formula is C16H19NO2S. The van der Waals surface area contributed by atoms with Crippen LogP contribution in [0, 0.1) is 6.92 Å². The zero-order valence-electron chi connectivity index (χ0n) is 11.8. The van der Waals surface area contributed by atoms with Crippen molar-refractivity contribution in [3.05, 3.63) is 45.6 Å². The Morgan fingerprint density at radius 2 is 2.25 bits per heavy atom. The second kappa shape index (κ2) is 5.85. The molecule has 1 aliphatic rings. The fourth-order valence-electron chi connectivity index (χ4n) is 2.51. The molecule has 20 heavy (non-hydrogen) atoms. The Balaban J connectivity index is 1.64. The molecule has 0 saturated carbocycles. The summed E-state index contributed by atoms with van der Waals surface area (Å²) in [6, 6.07) is 10.8. The summed E-state index contributed by atoms with van der Waals surface area (Å²) in [5, 5.41) is 3.57. The summed E-state index contributed by atoms with van der Waals surface area (Å²) < 4.78 is 11.2. The molecule has 1 aromatic heterocycles. The van der Waals surface area contributed by atoms with Crippen LogP contribution in [0.5, 0.6) is 11.5 Å². The molecule has 2 aromatic rings. The van der Waals surface area contributed by atoms with Crippen LogP contribution in [0.3, 0.4) is 0 Å². The molecule has 0 spiro atoms. The lowest BCUT2D eigenvalue weighted by molar-refractivity contribution is 0.227. The molecule has 0 aliphatic carbocycles. The van der Waals surface area contributed by atoms with Crippen molar-refractivity contribution in [3.8, 4) is 11.5 Å². The predicted molar refractivity (Wildman–Crippen MR) is 81.9 cm³/mol. The smallest absolute Gasteiger partial charge is 0.164 e. The van der Waals surface area contributed by atoms with Gasteiger partial charge in [0.15, 0.2) is 11.5 Å². The van der Waals surface area contributed by atoms with Gasteiger partial charge in [-0.25, -0.2) is 0 Å². The van der Waals surface area contributed by atoms with Gasteiger partial charge < -0.3 is 14.8 Å². The van der Waals surface area contributed by atoms with Crippen LogP contribution in [0.4, 0.5) is 0 Å². The van der Waals surface area contributed by atoms with E-state index >= 15 is 0 Å². The zero-order chi connectivity index (χ0) is 13.9. The monoisotopic (exact) mass is 289 g/mol. The topological polar surface area (TPSA) is 30.5 Å². The van der Waals surface area contributed by atoms with Crippen LogP contribution in [0.2, 0.25) is 0 Å². The quantitative estimate of drug-likeness (QED) is 0.938. The van der Waals surface area contributed by atoms with Crippen molar-refractivity contribution in [2.45, 2.75) is 25.9 Å². The first-order chi connectivity index (χ1) is 9.76. The summed E-state index contributed by atoms with van der Waals surface area (Å²) in [7, 11) is 1.68. The number of methoxy groups -OCH3 is 1. The molecule has 0 saturated heterocycles. The second-order valence-electron chi connectivity index (χ2n) is 5.05. The van der Waals surface area contributed by atoms with Crippen LogP contribution in [-0.4, -0.2) is 19.8 Å². The van der Waals surface area contributed by atoms with Crippen LogP contribution >= 0.6 is 11.3 Å². The van der Waals surface area contributed by atoms with E-state index in [1.807, 2.05) is 23.5 Å². The molecule has 3 rings (SSSR count). The zero-order valence-corrected chi connectivity index (χ0v) is 12.6. The molecule has 106 valence electrons. The number of hydrogen-bond donors (Lipinski definition) is 1. The first kappa shape index (κ1) is 13.5. The summed E-state index contributed by atoms with van der Waals surface area (Å²) in [4.78, 5) is 2.73. The highest BCUT2D eigenvalue weighted by atomic mass is 32.1. The van der Waals surface area contributed by atoms with Gasteiger partial charge in [-0.15, -0.1) is 11.3 Å². The summed E-state index contributed by atoms with van der Waals surface area (Å²) in [5.74, 6) is 1.73. The van der Waals surface area contributed by atoms with Gasteiger partial charge in [-0.3, -0.25) is 0 Å². The highest BCUT2D eigenvalue weighted by Crippen LogP contribution is 2.34. The standard InChI is InChI=1S/C16H19NO2S/c1-11-6-7-14(20-11)9-17-13-8-12-4-3-5-15(18-2)16(12)19-10-13/h3-7,13,17H,8-10H2,1-2H3/t13-/m1/s1. The Labute approximate surface area is 123 Å². The van der Waals surface area contributed by atoms with E-state index < -0.39 is 0 Å². The number of para-hydroxylation sites is 1. The van der Waals surface area contributed by atoms with Crippen LogP contribution in [-0.2, 0) is 13.0 Å². The van der Waals surface area contributed by atoms with Crippen molar-refractivity contribution >= 4 is 11.3 Å². The number of thiophene rings is 1. The first-order valence-corrected chi connectivity index (χ1v) is 7.65. The Hall–Kier alpha value is -1.52. The van der Waals surface area contributed by atoms with E-state index in [4.69, 9.17) is 9.47 Å². The lowest BCUT2D eigenvalue weighted by Gasteiger charge is -2.27. The lowest BCUT2D eigenvalue weighted by atomic mass is 10.0. The minimum atomic E-state index is 0.358. The Kier molecular flexibility index (Phi) is 3.94. The molecule has 4 heteroatoms. The SMILES string of the molecule is COc1cccc2c1OC[C@H](NCc1ccc(C)s1)C2. The number of ether oxygens (including phenoxy) is 2. The predicted octanol–water partition coefficient (Wildman–Crippen LogP) is 3.16. The van der Waals surface area contributed by atoms with Gasteiger partial charge in [0.25, 0.3) is 0 Å². The van der Waals surface area contributed by atoms with E-state index in [0.717, 1.165) is 24.5 Å². The maximum absolute atomic E-state index is 5.87. The Morgan fingerprint density at radius 1 is 1.35 bits per heavy atom. The molecule has 1 atom stereocenters. The third-order valence-corrected chi connectivity index (χ3v) is 4.54. The van der Waals surface area contributed by atoms with Gasteiger partial charge in [0.2, 0.25) is 0 Å². The molecule has 0 unspecified atom stereocenters. The van der Waals surface area contributed by atoms with E-state index in [1.54, 1.807) is 7.11 Å². The number of hydrogen-bond acceptors (Lipinski definition) is 4. The minimum absolute atomic E-state index is 0.358. The lowest BCUT2D eigenvalue weighted by Crippen LogP contribution is -2.38. The second-order valence-corrected chi connectivity index (χ2v) is 6.43. The third-order valence-electron chi connectivity index (χ3n) is 3.54. The number of fused-ring (bicyclic) bond motifs is 1. The van der Waals surface area contributed by atoms with Crippen molar-refractivity contribution in [2.75, 3.05) is 13.7 Å². The summed E-state index contributed by atoms with van der Waals surface area (Å²) in [6.45, 7) is 3.74. The van der Waals surface area contributed by atoms with Gasteiger partial charge in [-0.05, 0) is 37.1 Å². The maximum atomic E-state index is 5.87. The summed E-state index contributed by atoms with van der Waals surface area (Å²) in [5.41, 5.74) is 1.22. The van der Waals surface area contributed by atoms with E-state index in [0.29, 0.717) is 12.6 Å². The number of rotatable bonds is 4. The number of benzene rings is 1. The third kappa shape index (κ3) is 2.81. The summed E-state index contributed by atoms with van der Waals surface area (Å²) in [6.07, 6.45) is 0.983. The van der Waals surface area contributed by atoms with Gasteiger partial charge in [-0.2, -0.15) is 0 Å². The van der Waals surface area contributed by atoms with Crippen LogP contribution in [0.1, 0.15) is 15.3 Å². The van der Waals surface area contributed by atoms with E-state index in [9.17, 15) is 0 Å². The highest BCUT2D eigenvalue weighted by Gasteiger charge is 2.22. The molecule has 0 radical (unpaired) electrons. The van der Waals surface area contributed by atoms with Gasteiger partial charge in [0.1, 0.15) is 6.61 Å². The van der Waals surface area contributed by atoms with Crippen molar-refractivity contribution in [1.82, 2.24) is 5.32 Å². The molecule has 0 amide bonds. The highest BCUT2D eigenvalue weighted by molar-refractivity contribution is 7.11. The van der Waals surface area contributed by atoms with E-state index in [-0.39, 0.29) is 0 Å². The Bertz CT molecular complexity index is 594. The van der Waals surface area contributed by atoms with Crippen molar-refractivity contribution in [3.63, 3.8) is 0 Å². The van der Waals surface area contributed by atoms with Gasteiger partial charge in [0.05, 0.1) is 7.11 Å². The average molecular weight is 289 g/mol. The number of aryl methyl sites for hydroxylation is 1. The molecule has 0 fully saturated rings. The fourth-order valence-corrected chi connectivity index (χ4v) is 3.35. The van der Waals surface area contributed by atoms with Crippen molar-refractivity contribution in [1.29, 1.82) is 0 Å². The van der Waals surface area contributed by atoms with Gasteiger partial charge in [-0.1, -0.05) is 12.1 Å². The average Bonchev–Trinajstić information content (AvgIpc) is 2.89. The van der Waals surface area contributed by atoms with Crippen molar-refractivity contribution < 1.29 is 9.47 Å². The number of nitrogens with one attached hydrogen (secondary N) is 1. The fraction of sp³-hybridized carbons (Fsp3) is 0.375. The molecule has 1 aromatic carbocycles.